The number of rotatable bonds is 6. The highest BCUT2D eigenvalue weighted by Gasteiger charge is 2.58. The minimum atomic E-state index is -1.50. The Kier molecular flexibility index (Phi) is 5.43. The Morgan fingerprint density at radius 2 is 2.09 bits per heavy atom. The highest BCUT2D eigenvalue weighted by Crippen LogP contribution is 2.58. The quantitative estimate of drug-likeness (QED) is 0.575. The Hall–Kier alpha value is -2.88. The number of nitrogens with two attached hydrogens (primary N) is 1. The molecule has 0 amide bonds. The van der Waals surface area contributed by atoms with Gasteiger partial charge in [-0.1, -0.05) is 11.8 Å². The molecule has 0 spiro atoms. The second kappa shape index (κ2) is 8.16. The maximum Gasteiger partial charge on any atom is 0.233 e. The molecular formula is C23H22F3N5OS. The van der Waals surface area contributed by atoms with E-state index >= 15 is 0 Å². The van der Waals surface area contributed by atoms with Gasteiger partial charge in [0.15, 0.2) is 16.8 Å². The number of halogens is 3. The van der Waals surface area contributed by atoms with Gasteiger partial charge in [0.25, 0.3) is 0 Å². The van der Waals surface area contributed by atoms with Gasteiger partial charge >= 0.3 is 0 Å². The SMILES string of the molecule is CC(C)Oc1cnc2c(Cc3cc(F)c(F)c([C@@]4(CF)N=C(N)S[C@H]5C[C@H]54)c3)nccc2n1. The summed E-state index contributed by atoms with van der Waals surface area (Å²) in [7, 11) is 0. The number of thioether (sulfide) groups is 1. The number of alkyl halides is 1. The summed E-state index contributed by atoms with van der Waals surface area (Å²) >= 11 is 1.36. The number of pyridine rings is 1. The molecule has 0 radical (unpaired) electrons. The van der Waals surface area contributed by atoms with Crippen LogP contribution in [0.4, 0.5) is 13.2 Å². The van der Waals surface area contributed by atoms with E-state index in [1.165, 1.54) is 24.0 Å². The first-order valence-electron chi connectivity index (χ1n) is 10.6. The van der Waals surface area contributed by atoms with Gasteiger partial charge in [0.05, 0.1) is 23.5 Å². The first kappa shape index (κ1) is 21.9. The van der Waals surface area contributed by atoms with Crippen LogP contribution in [0.3, 0.4) is 0 Å². The molecule has 6 nitrogen and oxygen atoms in total. The highest BCUT2D eigenvalue weighted by molar-refractivity contribution is 8.14. The van der Waals surface area contributed by atoms with Crippen LogP contribution in [0.2, 0.25) is 0 Å². The molecule has 3 aromatic rings. The molecule has 0 saturated heterocycles. The van der Waals surface area contributed by atoms with Gasteiger partial charge in [0.2, 0.25) is 5.88 Å². The van der Waals surface area contributed by atoms with Crippen molar-refractivity contribution in [2.24, 2.45) is 16.6 Å². The van der Waals surface area contributed by atoms with Gasteiger partial charge in [0, 0.05) is 29.3 Å². The van der Waals surface area contributed by atoms with E-state index in [0.717, 1.165) is 6.07 Å². The first-order chi connectivity index (χ1) is 15.8. The number of ether oxygens (including phenoxy) is 1. The molecule has 10 heteroatoms. The monoisotopic (exact) mass is 473 g/mol. The second-order valence-corrected chi connectivity index (χ2v) is 9.88. The van der Waals surface area contributed by atoms with Gasteiger partial charge in [-0.05, 0) is 44.0 Å². The largest absolute Gasteiger partial charge is 0.474 e. The van der Waals surface area contributed by atoms with Crippen LogP contribution in [-0.2, 0) is 12.0 Å². The third-order valence-electron chi connectivity index (χ3n) is 5.93. The van der Waals surface area contributed by atoms with Crippen molar-refractivity contribution in [2.45, 2.75) is 43.6 Å². The van der Waals surface area contributed by atoms with E-state index in [2.05, 4.69) is 19.9 Å². The summed E-state index contributed by atoms with van der Waals surface area (Å²) < 4.78 is 49.6. The van der Waals surface area contributed by atoms with E-state index in [1.807, 2.05) is 13.8 Å². The molecule has 1 fully saturated rings. The maximum atomic E-state index is 14.9. The molecule has 1 aromatic carbocycles. The average Bonchev–Trinajstić information content (AvgIpc) is 3.55. The Balaban J connectivity index is 1.55. The fourth-order valence-electron chi connectivity index (χ4n) is 4.39. The van der Waals surface area contributed by atoms with E-state index in [4.69, 9.17) is 10.5 Å². The van der Waals surface area contributed by atoms with Crippen molar-refractivity contribution in [3.8, 4) is 5.88 Å². The minimum Gasteiger partial charge on any atom is -0.474 e. The lowest BCUT2D eigenvalue weighted by Gasteiger charge is -2.32. The molecule has 3 atom stereocenters. The topological polar surface area (TPSA) is 86.3 Å². The maximum absolute atomic E-state index is 14.9. The summed E-state index contributed by atoms with van der Waals surface area (Å²) in [6, 6.07) is 4.28. The standard InChI is InChI=1S/C23H22F3N5OS/c1-11(2)32-19-9-29-21-16(30-19)3-4-28-17(21)7-12-5-14(20(26)15(25)6-12)23(10-24)13-8-18(13)33-22(27)31-23/h3-6,9,11,13,18H,7-8,10H2,1-2H3,(H2,27,31)/t13-,18+,23+/m1/s1. The van der Waals surface area contributed by atoms with E-state index in [-0.39, 0.29) is 34.4 Å². The van der Waals surface area contributed by atoms with Crippen LogP contribution in [0, 0.1) is 17.6 Å². The van der Waals surface area contributed by atoms with Crippen molar-refractivity contribution in [1.29, 1.82) is 0 Å². The fourth-order valence-corrected chi connectivity index (χ4v) is 5.61. The van der Waals surface area contributed by atoms with E-state index in [0.29, 0.717) is 34.6 Å². The summed E-state index contributed by atoms with van der Waals surface area (Å²) in [5.74, 6) is -1.98. The zero-order chi connectivity index (χ0) is 23.3. The van der Waals surface area contributed by atoms with Crippen LogP contribution in [0.1, 0.15) is 37.1 Å². The van der Waals surface area contributed by atoms with E-state index in [9.17, 15) is 13.2 Å². The molecule has 1 aliphatic carbocycles. The normalized spacial score (nSPS) is 24.0. The van der Waals surface area contributed by atoms with E-state index in [1.54, 1.807) is 12.3 Å². The Labute approximate surface area is 192 Å². The number of amidine groups is 1. The predicted molar refractivity (Wildman–Crippen MR) is 121 cm³/mol. The number of hydrogen-bond acceptors (Lipinski definition) is 7. The molecule has 3 heterocycles. The number of fused-ring (bicyclic) bond motifs is 2. The van der Waals surface area contributed by atoms with Crippen molar-refractivity contribution < 1.29 is 17.9 Å². The average molecular weight is 474 g/mol. The molecule has 1 saturated carbocycles. The van der Waals surface area contributed by atoms with Crippen molar-refractivity contribution in [1.82, 2.24) is 15.0 Å². The predicted octanol–water partition coefficient (Wildman–Crippen LogP) is 4.30. The summed E-state index contributed by atoms with van der Waals surface area (Å²) in [6.45, 7) is 2.83. The number of aromatic nitrogens is 3. The zero-order valence-electron chi connectivity index (χ0n) is 18.1. The van der Waals surface area contributed by atoms with Crippen LogP contribution in [-0.4, -0.2) is 38.1 Å². The molecule has 2 N–H and O–H groups in total. The van der Waals surface area contributed by atoms with Gasteiger partial charge in [0.1, 0.15) is 17.7 Å². The van der Waals surface area contributed by atoms with Crippen LogP contribution in [0.15, 0.2) is 35.6 Å². The highest BCUT2D eigenvalue weighted by atomic mass is 32.2. The number of nitrogens with zero attached hydrogens (tertiary/aromatic N) is 4. The van der Waals surface area contributed by atoms with Gasteiger partial charge in [-0.25, -0.2) is 28.1 Å². The summed E-state index contributed by atoms with van der Waals surface area (Å²) in [4.78, 5) is 17.5. The molecule has 0 unspecified atom stereocenters. The van der Waals surface area contributed by atoms with Crippen LogP contribution >= 0.6 is 11.8 Å². The molecule has 5 rings (SSSR count). The Morgan fingerprint density at radius 3 is 2.85 bits per heavy atom. The van der Waals surface area contributed by atoms with Gasteiger partial charge < -0.3 is 10.5 Å². The lowest BCUT2D eigenvalue weighted by molar-refractivity contribution is 0.232. The Morgan fingerprint density at radius 1 is 1.27 bits per heavy atom. The third kappa shape index (κ3) is 3.90. The molecule has 2 aromatic heterocycles. The van der Waals surface area contributed by atoms with Crippen molar-refractivity contribution in [2.75, 3.05) is 6.67 Å². The smallest absolute Gasteiger partial charge is 0.233 e. The van der Waals surface area contributed by atoms with Crippen LogP contribution in [0.5, 0.6) is 5.88 Å². The first-order valence-corrected chi connectivity index (χ1v) is 11.5. The molecule has 172 valence electrons. The zero-order valence-corrected chi connectivity index (χ0v) is 18.9. The summed E-state index contributed by atoms with van der Waals surface area (Å²) in [5.41, 5.74) is 6.35. The number of benzene rings is 1. The van der Waals surface area contributed by atoms with Gasteiger partial charge in [-0.2, -0.15) is 0 Å². The molecule has 0 bridgehead atoms. The number of hydrogen-bond donors (Lipinski definition) is 1. The Bertz CT molecular complexity index is 1270. The van der Waals surface area contributed by atoms with Crippen LogP contribution < -0.4 is 10.5 Å². The third-order valence-corrected chi connectivity index (χ3v) is 7.08. The van der Waals surface area contributed by atoms with E-state index < -0.39 is 23.8 Å². The van der Waals surface area contributed by atoms with Gasteiger partial charge in [-0.3, -0.25) is 4.98 Å². The second-order valence-electron chi connectivity index (χ2n) is 8.62. The van der Waals surface area contributed by atoms with Crippen molar-refractivity contribution in [3.63, 3.8) is 0 Å². The van der Waals surface area contributed by atoms with Gasteiger partial charge in [-0.15, -0.1) is 0 Å². The van der Waals surface area contributed by atoms with Crippen molar-refractivity contribution >= 4 is 28.0 Å². The lowest BCUT2D eigenvalue weighted by atomic mass is 9.84. The number of aliphatic imine (C=N–C) groups is 1. The van der Waals surface area contributed by atoms with Crippen molar-refractivity contribution in [3.05, 3.63) is 59.0 Å². The summed E-state index contributed by atoms with van der Waals surface area (Å²) in [6.07, 6.45) is 3.85. The lowest BCUT2D eigenvalue weighted by Crippen LogP contribution is -2.37. The molecular weight excluding hydrogens is 451 g/mol. The minimum absolute atomic E-state index is 0.0533. The molecule has 33 heavy (non-hydrogen) atoms. The van der Waals surface area contributed by atoms with Crippen LogP contribution in [0.25, 0.3) is 11.0 Å². The molecule has 1 aliphatic heterocycles. The molecule has 2 aliphatic rings. The summed E-state index contributed by atoms with van der Waals surface area (Å²) in [5, 5.41) is 0.267. The fraction of sp³-hybridized carbons (Fsp3) is 0.391.